The van der Waals surface area contributed by atoms with E-state index in [0.717, 1.165) is 0 Å². The van der Waals surface area contributed by atoms with E-state index < -0.39 is 0 Å². The van der Waals surface area contributed by atoms with Crippen LogP contribution >= 0.6 is 0 Å². The van der Waals surface area contributed by atoms with Gasteiger partial charge < -0.3 is 10.5 Å². The van der Waals surface area contributed by atoms with Gasteiger partial charge in [0.1, 0.15) is 0 Å². The Kier molecular flexibility index (Phi) is 8.39. The van der Waals surface area contributed by atoms with Crippen LogP contribution in [0.25, 0.3) is 0 Å². The standard InChI is InChI=1S/C7H16N2O5/c8-4-3-7(10)13-5-1-2-6-14-9(11)12/h11-12H,1-6,8H2. The van der Waals surface area contributed by atoms with Gasteiger partial charge >= 0.3 is 5.97 Å². The maximum Gasteiger partial charge on any atom is 0.307 e. The van der Waals surface area contributed by atoms with E-state index in [1.54, 1.807) is 0 Å². The fourth-order valence-electron chi connectivity index (χ4n) is 0.726. The molecule has 0 heterocycles. The fourth-order valence-corrected chi connectivity index (χ4v) is 0.726. The van der Waals surface area contributed by atoms with Crippen molar-refractivity contribution in [3.8, 4) is 0 Å². The predicted molar refractivity (Wildman–Crippen MR) is 45.2 cm³/mol. The van der Waals surface area contributed by atoms with Crippen LogP contribution in [-0.2, 0) is 14.4 Å². The lowest BCUT2D eigenvalue weighted by Crippen LogP contribution is -2.16. The summed E-state index contributed by atoms with van der Waals surface area (Å²) in [6.07, 6.45) is 1.38. The molecule has 0 amide bonds. The summed E-state index contributed by atoms with van der Waals surface area (Å²) in [5, 5.41) is 15.9. The summed E-state index contributed by atoms with van der Waals surface area (Å²) < 4.78 is 4.78. The van der Waals surface area contributed by atoms with Crippen LogP contribution in [-0.4, -0.2) is 41.5 Å². The van der Waals surface area contributed by atoms with E-state index in [1.165, 1.54) is 0 Å². The average molecular weight is 208 g/mol. The second kappa shape index (κ2) is 8.85. The molecule has 0 unspecified atom stereocenters. The number of hydrogen-bond acceptors (Lipinski definition) is 7. The first-order chi connectivity index (χ1) is 6.66. The molecule has 0 atom stereocenters. The average Bonchev–Trinajstić information content (AvgIpc) is 2.11. The monoisotopic (exact) mass is 208 g/mol. The van der Waals surface area contributed by atoms with Crippen LogP contribution in [0.2, 0.25) is 0 Å². The lowest BCUT2D eigenvalue weighted by atomic mass is 10.3. The Hall–Kier alpha value is -0.730. The van der Waals surface area contributed by atoms with Gasteiger partial charge in [0.25, 0.3) is 0 Å². The lowest BCUT2D eigenvalue weighted by Gasteiger charge is -2.06. The van der Waals surface area contributed by atoms with Gasteiger partial charge in [-0.15, -0.1) is 0 Å². The van der Waals surface area contributed by atoms with Crippen molar-refractivity contribution in [3.63, 3.8) is 0 Å². The predicted octanol–water partition coefficient (Wildman–Crippen LogP) is -0.329. The smallest absolute Gasteiger partial charge is 0.307 e. The first-order valence-corrected chi connectivity index (χ1v) is 4.33. The van der Waals surface area contributed by atoms with Gasteiger partial charge in [0.05, 0.1) is 25.0 Å². The molecule has 4 N–H and O–H groups in total. The lowest BCUT2D eigenvalue weighted by molar-refractivity contribution is -0.492. The summed E-state index contributed by atoms with van der Waals surface area (Å²) in [5.74, 6) is -0.320. The summed E-state index contributed by atoms with van der Waals surface area (Å²) in [5.41, 5.74) is 5.13. The van der Waals surface area contributed by atoms with Crippen molar-refractivity contribution in [3.05, 3.63) is 0 Å². The first-order valence-electron chi connectivity index (χ1n) is 4.33. The van der Waals surface area contributed by atoms with E-state index in [-0.39, 0.29) is 30.9 Å². The van der Waals surface area contributed by atoms with Crippen molar-refractivity contribution < 1.29 is 24.8 Å². The molecule has 7 heteroatoms. The zero-order valence-corrected chi connectivity index (χ0v) is 7.89. The number of esters is 1. The molecule has 0 aliphatic carbocycles. The van der Waals surface area contributed by atoms with Gasteiger partial charge in [0, 0.05) is 6.54 Å². The Bertz CT molecular complexity index is 153. The van der Waals surface area contributed by atoms with E-state index in [1.807, 2.05) is 0 Å². The molecular weight excluding hydrogens is 192 g/mol. The van der Waals surface area contributed by atoms with Crippen LogP contribution in [0.1, 0.15) is 19.3 Å². The molecule has 0 aromatic heterocycles. The molecule has 0 bridgehead atoms. The topological polar surface area (TPSA) is 105 Å². The fraction of sp³-hybridized carbons (Fsp3) is 0.857. The zero-order valence-electron chi connectivity index (χ0n) is 7.89. The second-order valence-corrected chi connectivity index (χ2v) is 2.55. The van der Waals surface area contributed by atoms with Gasteiger partial charge in [0.2, 0.25) is 0 Å². The maximum absolute atomic E-state index is 10.8. The summed E-state index contributed by atoms with van der Waals surface area (Å²) in [4.78, 5) is 15.0. The van der Waals surface area contributed by atoms with Crippen molar-refractivity contribution in [2.24, 2.45) is 5.73 Å². The molecule has 0 radical (unpaired) electrons. The molecule has 0 aliphatic heterocycles. The molecule has 0 fully saturated rings. The second-order valence-electron chi connectivity index (χ2n) is 2.55. The van der Waals surface area contributed by atoms with E-state index in [9.17, 15) is 4.79 Å². The number of unbranched alkanes of at least 4 members (excludes halogenated alkanes) is 1. The molecule has 0 aromatic rings. The van der Waals surface area contributed by atoms with Gasteiger partial charge in [-0.1, -0.05) is 0 Å². The van der Waals surface area contributed by atoms with Crippen LogP contribution in [0.4, 0.5) is 0 Å². The highest BCUT2D eigenvalue weighted by atomic mass is 17.1. The summed E-state index contributed by atoms with van der Waals surface area (Å²) in [6.45, 7) is 0.729. The number of ether oxygens (including phenoxy) is 1. The number of hydrogen-bond donors (Lipinski definition) is 3. The largest absolute Gasteiger partial charge is 0.466 e. The van der Waals surface area contributed by atoms with Gasteiger partial charge in [-0.05, 0) is 12.8 Å². The van der Waals surface area contributed by atoms with E-state index in [4.69, 9.17) is 20.9 Å². The molecule has 7 nitrogen and oxygen atoms in total. The minimum absolute atomic E-state index is 0.154. The van der Waals surface area contributed by atoms with Crippen molar-refractivity contribution in [2.45, 2.75) is 19.3 Å². The van der Waals surface area contributed by atoms with Crippen molar-refractivity contribution in [2.75, 3.05) is 19.8 Å². The summed E-state index contributed by atoms with van der Waals surface area (Å²) >= 11 is 0. The zero-order chi connectivity index (χ0) is 10.8. The number of carbonyl (C=O) groups excluding carboxylic acids is 1. The number of nitrogens with two attached hydrogens (primary N) is 1. The van der Waals surface area contributed by atoms with Gasteiger partial charge in [-0.2, -0.15) is 0 Å². The Balaban J connectivity index is 3.09. The molecule has 84 valence electrons. The van der Waals surface area contributed by atoms with Crippen molar-refractivity contribution in [1.82, 2.24) is 5.39 Å². The van der Waals surface area contributed by atoms with Gasteiger partial charge in [0.15, 0.2) is 0 Å². The highest BCUT2D eigenvalue weighted by Gasteiger charge is 2.00. The molecule has 0 rings (SSSR count). The van der Waals surface area contributed by atoms with Gasteiger partial charge in [-0.25, -0.2) is 0 Å². The molecule has 0 saturated carbocycles. The van der Waals surface area contributed by atoms with Crippen LogP contribution in [0.3, 0.4) is 0 Å². The highest BCUT2D eigenvalue weighted by molar-refractivity contribution is 5.69. The van der Waals surface area contributed by atoms with Crippen LogP contribution in [0.15, 0.2) is 0 Å². The highest BCUT2D eigenvalue weighted by Crippen LogP contribution is 1.93. The molecule has 0 spiro atoms. The number of rotatable bonds is 8. The summed E-state index contributed by atoms with van der Waals surface area (Å²) in [6, 6.07) is 0. The third-order valence-corrected chi connectivity index (χ3v) is 1.36. The molecule has 14 heavy (non-hydrogen) atoms. The third kappa shape index (κ3) is 9.36. The molecule has 0 aromatic carbocycles. The van der Waals surface area contributed by atoms with Crippen LogP contribution in [0, 0.1) is 0 Å². The first kappa shape index (κ1) is 13.3. The quantitative estimate of drug-likeness (QED) is 0.285. The van der Waals surface area contributed by atoms with Crippen LogP contribution in [0.5, 0.6) is 0 Å². The van der Waals surface area contributed by atoms with E-state index in [0.29, 0.717) is 19.4 Å². The van der Waals surface area contributed by atoms with Gasteiger partial charge in [-0.3, -0.25) is 20.0 Å². The van der Waals surface area contributed by atoms with Crippen molar-refractivity contribution >= 4 is 5.97 Å². The van der Waals surface area contributed by atoms with E-state index >= 15 is 0 Å². The number of nitrogens with zero attached hydrogens (tertiary/aromatic N) is 1. The summed E-state index contributed by atoms with van der Waals surface area (Å²) in [7, 11) is 0. The SMILES string of the molecule is NCCC(=O)OCCCCON(O)O. The minimum atomic E-state index is -0.347. The Labute approximate surface area is 81.9 Å². The molecule has 0 aliphatic rings. The third-order valence-electron chi connectivity index (χ3n) is 1.36. The molecule has 0 saturated heterocycles. The normalized spacial score (nSPS) is 10.6. The Morgan fingerprint density at radius 3 is 2.50 bits per heavy atom. The maximum atomic E-state index is 10.8. The van der Waals surface area contributed by atoms with Crippen LogP contribution < -0.4 is 5.73 Å². The van der Waals surface area contributed by atoms with Crippen molar-refractivity contribution in [1.29, 1.82) is 0 Å². The molecular formula is C7H16N2O5. The Morgan fingerprint density at radius 1 is 1.29 bits per heavy atom. The minimum Gasteiger partial charge on any atom is -0.466 e. The Morgan fingerprint density at radius 2 is 1.93 bits per heavy atom. The van der Waals surface area contributed by atoms with E-state index in [2.05, 4.69) is 4.84 Å². The number of carbonyl (C=O) groups is 1.